The van der Waals surface area contributed by atoms with E-state index in [1.807, 2.05) is 6.07 Å². The maximum absolute atomic E-state index is 13.5. The maximum Gasteiger partial charge on any atom is 0.414 e. The van der Waals surface area contributed by atoms with Crippen molar-refractivity contribution in [1.29, 1.82) is 0 Å². The molecule has 2 bridgehead atoms. The number of nitrogens with zero attached hydrogens (tertiary/aromatic N) is 2. The molecule has 6 fully saturated rings. The molecule has 1 amide bonds. The Labute approximate surface area is 189 Å². The van der Waals surface area contributed by atoms with Crippen LogP contribution in [-0.4, -0.2) is 95.1 Å². The molecule has 4 aliphatic heterocycles. The highest BCUT2D eigenvalue weighted by atomic mass is 16.6. The molecule has 10 heteroatoms. The molecule has 3 aliphatic carbocycles. The summed E-state index contributed by atoms with van der Waals surface area (Å²) in [5.74, 6) is -1.15. The number of benzene rings is 1. The number of amides is 1. The summed E-state index contributed by atoms with van der Waals surface area (Å²) in [6.45, 7) is 1.33. The van der Waals surface area contributed by atoms with Crippen LogP contribution in [0.15, 0.2) is 18.2 Å². The number of aliphatic hydroxyl groups excluding tert-OH is 1. The van der Waals surface area contributed by atoms with Crippen molar-refractivity contribution >= 4 is 17.7 Å². The molecule has 3 saturated heterocycles. The number of ether oxygens (including phenoxy) is 3. The lowest BCUT2D eigenvalue weighted by atomic mass is 9.36. The van der Waals surface area contributed by atoms with Gasteiger partial charge in [-0.15, -0.1) is 0 Å². The van der Waals surface area contributed by atoms with E-state index in [0.717, 1.165) is 7.11 Å². The van der Waals surface area contributed by atoms with E-state index in [-0.39, 0.29) is 36.1 Å². The summed E-state index contributed by atoms with van der Waals surface area (Å²) in [6.07, 6.45) is -1.52. The second-order valence-electron chi connectivity index (χ2n) is 10.3. The molecular weight excluding hydrogens is 432 g/mol. The van der Waals surface area contributed by atoms with Gasteiger partial charge in [0.2, 0.25) is 5.60 Å². The Kier molecular flexibility index (Phi) is 3.41. The van der Waals surface area contributed by atoms with Crippen molar-refractivity contribution in [3.05, 3.63) is 23.8 Å². The smallest absolute Gasteiger partial charge is 0.414 e. The number of methoxy groups -OCH3 is 2. The average molecular weight is 458 g/mol. The van der Waals surface area contributed by atoms with Gasteiger partial charge in [-0.3, -0.25) is 9.80 Å². The van der Waals surface area contributed by atoms with Gasteiger partial charge in [0.25, 0.3) is 0 Å². The van der Waals surface area contributed by atoms with E-state index < -0.39 is 40.1 Å². The van der Waals surface area contributed by atoms with E-state index in [2.05, 4.69) is 4.90 Å². The largest absolute Gasteiger partial charge is 0.506 e. The summed E-state index contributed by atoms with van der Waals surface area (Å²) >= 11 is 0. The first-order valence-electron chi connectivity index (χ1n) is 11.4. The van der Waals surface area contributed by atoms with Gasteiger partial charge in [-0.05, 0) is 37.4 Å². The molecule has 0 unspecified atom stereocenters. The Morgan fingerprint density at radius 3 is 2.70 bits per heavy atom. The molecule has 8 rings (SSSR count). The molecule has 1 aromatic carbocycles. The maximum atomic E-state index is 13.5. The van der Waals surface area contributed by atoms with Crippen LogP contribution < -0.4 is 4.90 Å². The van der Waals surface area contributed by atoms with E-state index in [1.54, 1.807) is 6.07 Å². The number of hydrogen-bond donors (Lipinski definition) is 3. The number of epoxide rings is 1. The highest BCUT2D eigenvalue weighted by Gasteiger charge is 2.93. The third-order valence-corrected chi connectivity index (χ3v) is 9.81. The molecule has 4 heterocycles. The van der Waals surface area contributed by atoms with Crippen molar-refractivity contribution in [1.82, 2.24) is 4.90 Å². The Bertz CT molecular complexity index is 1130. The van der Waals surface area contributed by atoms with Crippen LogP contribution in [0, 0.1) is 5.41 Å². The van der Waals surface area contributed by atoms with Crippen molar-refractivity contribution in [3.63, 3.8) is 0 Å². The lowest BCUT2D eigenvalue weighted by molar-refractivity contribution is -0.279. The number of piperidine rings is 1. The van der Waals surface area contributed by atoms with Crippen molar-refractivity contribution in [2.75, 3.05) is 32.2 Å². The van der Waals surface area contributed by atoms with Gasteiger partial charge in [-0.2, -0.15) is 0 Å². The van der Waals surface area contributed by atoms with Gasteiger partial charge in [0.05, 0.1) is 32.1 Å². The molecule has 33 heavy (non-hydrogen) atoms. The fourth-order valence-electron chi connectivity index (χ4n) is 9.03. The highest BCUT2D eigenvalue weighted by molar-refractivity contribution is 6.01. The van der Waals surface area contributed by atoms with Gasteiger partial charge in [-0.1, -0.05) is 12.1 Å². The molecule has 3 spiro atoms. The van der Waals surface area contributed by atoms with Crippen LogP contribution in [0.5, 0.6) is 5.75 Å². The normalized spacial score (nSPS) is 47.9. The van der Waals surface area contributed by atoms with E-state index in [1.165, 1.54) is 18.1 Å². The SMILES string of the molecule is COC(=O)N1c2c(O)cccc2[C@@]23CCN4C[C@@H]5O[C@@H]5[C@]5(CC[C@]12[C@](O)(C(=O)OC)[C@@H]5O)[C@H]43. The first-order valence-corrected chi connectivity index (χ1v) is 11.4. The summed E-state index contributed by atoms with van der Waals surface area (Å²) in [6, 6.07) is 4.74. The second-order valence-corrected chi connectivity index (χ2v) is 10.3. The molecule has 3 N–H and O–H groups in total. The van der Waals surface area contributed by atoms with Crippen LogP contribution in [0.25, 0.3) is 0 Å². The lowest BCUT2D eigenvalue weighted by Crippen LogP contribution is -2.92. The number of aromatic hydroxyl groups is 1. The van der Waals surface area contributed by atoms with Gasteiger partial charge >= 0.3 is 12.1 Å². The first kappa shape index (κ1) is 20.0. The monoisotopic (exact) mass is 458 g/mol. The number of para-hydroxylation sites is 1. The van der Waals surface area contributed by atoms with Crippen LogP contribution in [0.1, 0.15) is 24.8 Å². The predicted octanol–water partition coefficient (Wildman–Crippen LogP) is -0.131. The Balaban J connectivity index is 1.64. The highest BCUT2D eigenvalue weighted by Crippen LogP contribution is 2.79. The molecule has 0 radical (unpaired) electrons. The van der Waals surface area contributed by atoms with Crippen molar-refractivity contribution < 1.29 is 39.1 Å². The zero-order chi connectivity index (χ0) is 23.1. The molecule has 7 aliphatic rings. The topological polar surface area (TPSA) is 132 Å². The predicted molar refractivity (Wildman–Crippen MR) is 111 cm³/mol. The van der Waals surface area contributed by atoms with E-state index in [9.17, 15) is 24.9 Å². The summed E-state index contributed by atoms with van der Waals surface area (Å²) in [4.78, 5) is 30.4. The summed E-state index contributed by atoms with van der Waals surface area (Å²) in [5, 5.41) is 35.3. The Morgan fingerprint density at radius 1 is 1.18 bits per heavy atom. The number of hydrogen-bond acceptors (Lipinski definition) is 9. The van der Waals surface area contributed by atoms with Gasteiger partial charge < -0.3 is 29.5 Å². The molecular formula is C23H26N2O8. The van der Waals surface area contributed by atoms with Crippen molar-refractivity contribution in [2.45, 2.75) is 60.2 Å². The zero-order valence-electron chi connectivity index (χ0n) is 18.4. The number of anilines is 1. The van der Waals surface area contributed by atoms with Gasteiger partial charge in [0.1, 0.15) is 17.4 Å². The van der Waals surface area contributed by atoms with Crippen LogP contribution >= 0.6 is 0 Å². The molecule has 0 aromatic heterocycles. The lowest BCUT2D eigenvalue weighted by Gasteiger charge is -2.72. The fraction of sp³-hybridized carbons (Fsp3) is 0.652. The van der Waals surface area contributed by atoms with E-state index in [0.29, 0.717) is 31.5 Å². The van der Waals surface area contributed by atoms with Crippen LogP contribution in [0.4, 0.5) is 10.5 Å². The quantitative estimate of drug-likeness (QED) is 0.389. The second kappa shape index (κ2) is 5.63. The third kappa shape index (κ3) is 1.66. The Hall–Kier alpha value is -2.40. The Morgan fingerprint density at radius 2 is 1.97 bits per heavy atom. The number of phenolic OH excluding ortho intramolecular Hbond substituents is 1. The number of phenols is 1. The van der Waals surface area contributed by atoms with Crippen LogP contribution in [-0.2, 0) is 24.4 Å². The minimum atomic E-state index is -2.46. The fourth-order valence-corrected chi connectivity index (χ4v) is 9.03. The van der Waals surface area contributed by atoms with Crippen molar-refractivity contribution in [2.24, 2.45) is 5.41 Å². The van der Waals surface area contributed by atoms with Crippen LogP contribution in [0.2, 0.25) is 0 Å². The van der Waals surface area contributed by atoms with Gasteiger partial charge in [0, 0.05) is 23.4 Å². The number of fused-ring (bicyclic) bond motifs is 4. The summed E-state index contributed by atoms with van der Waals surface area (Å²) < 4.78 is 16.3. The summed E-state index contributed by atoms with van der Waals surface area (Å²) in [7, 11) is 2.38. The standard InChI is InChI=1S/C23H26N2O8/c1-31-18(28)23(30)17(27)20-6-7-22(23)21(8-9-24(16(20)21)10-13-15(20)33-13)11-4-3-5-12(26)14(11)25(22)19(29)32-2/h3-5,13,15-17,26-27,30H,6-10H2,1-2H3/t13-,15-,16-,17+,20+,21+,22-,23+/m0/s1. The number of carbonyl (C=O) groups is 2. The third-order valence-electron chi connectivity index (χ3n) is 9.81. The number of aliphatic hydroxyl groups is 2. The average Bonchev–Trinajstić information content (AvgIpc) is 3.43. The zero-order valence-corrected chi connectivity index (χ0v) is 18.4. The number of carbonyl (C=O) groups excluding carboxylic acids is 2. The van der Waals surface area contributed by atoms with Gasteiger partial charge in [0.15, 0.2) is 0 Å². The minimum Gasteiger partial charge on any atom is -0.506 e. The minimum absolute atomic E-state index is 0.0692. The first-order chi connectivity index (χ1) is 15.8. The molecule has 1 aromatic rings. The summed E-state index contributed by atoms with van der Waals surface area (Å²) in [5.41, 5.74) is -5.02. The van der Waals surface area contributed by atoms with Crippen molar-refractivity contribution in [3.8, 4) is 5.75 Å². The van der Waals surface area contributed by atoms with Gasteiger partial charge in [-0.25, -0.2) is 9.59 Å². The van der Waals surface area contributed by atoms with Crippen LogP contribution in [0.3, 0.4) is 0 Å². The number of rotatable bonds is 1. The van der Waals surface area contributed by atoms with E-state index >= 15 is 0 Å². The van der Waals surface area contributed by atoms with E-state index in [4.69, 9.17) is 14.2 Å². The molecule has 176 valence electrons. The molecule has 3 saturated carbocycles. The molecule has 8 atom stereocenters. The molecule has 10 nitrogen and oxygen atoms in total. The number of esters is 1.